The van der Waals surface area contributed by atoms with Gasteiger partial charge in [-0.1, -0.05) is 12.1 Å². The first-order valence-corrected chi connectivity index (χ1v) is 8.08. The van der Waals surface area contributed by atoms with E-state index in [0.29, 0.717) is 5.69 Å². The third kappa shape index (κ3) is 4.66. The van der Waals surface area contributed by atoms with Gasteiger partial charge in [-0.25, -0.2) is 0 Å². The van der Waals surface area contributed by atoms with Gasteiger partial charge in [-0.05, 0) is 62.7 Å². The molecule has 0 amide bonds. The second-order valence-corrected chi connectivity index (χ2v) is 6.37. The minimum Gasteiger partial charge on any atom is -0.497 e. The van der Waals surface area contributed by atoms with Gasteiger partial charge in [0.25, 0.3) is 0 Å². The molecule has 5 heteroatoms. The fraction of sp³-hybridized carbons (Fsp3) is 0.350. The van der Waals surface area contributed by atoms with Crippen molar-refractivity contribution in [2.75, 3.05) is 14.2 Å². The van der Waals surface area contributed by atoms with Crippen molar-refractivity contribution >= 4 is 11.5 Å². The number of nitrogens with zero attached hydrogens (tertiary/aromatic N) is 2. The zero-order valence-electron chi connectivity index (χ0n) is 15.3. The molecule has 0 saturated heterocycles. The summed E-state index contributed by atoms with van der Waals surface area (Å²) in [6.45, 7) is 5.41. The summed E-state index contributed by atoms with van der Waals surface area (Å²) in [5.74, 6) is 1.17. The van der Waals surface area contributed by atoms with Gasteiger partial charge in [-0.2, -0.15) is 10.2 Å². The molecule has 0 aliphatic heterocycles. The van der Waals surface area contributed by atoms with E-state index < -0.39 is 5.54 Å². The predicted octanol–water partition coefficient (Wildman–Crippen LogP) is 4.94. The largest absolute Gasteiger partial charge is 0.497 e. The standard InChI is InChI=1S/C20H24N2O3/c1-14(23)19(15-6-10-17(24-4)11-7-15)20(2,3)22-21-16-8-12-18(25-5)13-9-16/h6-13,19H,1-5H3. The predicted molar refractivity (Wildman–Crippen MR) is 98.0 cm³/mol. The molecule has 0 aromatic heterocycles. The smallest absolute Gasteiger partial charge is 0.139 e. The van der Waals surface area contributed by atoms with Crippen LogP contribution >= 0.6 is 0 Å². The summed E-state index contributed by atoms with van der Waals surface area (Å²) in [5, 5.41) is 8.76. The number of Topliss-reactive ketones (excluding diaryl/α,β-unsaturated/α-hetero) is 1. The van der Waals surface area contributed by atoms with E-state index in [9.17, 15) is 4.79 Å². The van der Waals surface area contributed by atoms with E-state index >= 15 is 0 Å². The van der Waals surface area contributed by atoms with Crippen LogP contribution in [0.3, 0.4) is 0 Å². The molecule has 132 valence electrons. The molecule has 1 unspecified atom stereocenters. The number of ketones is 1. The van der Waals surface area contributed by atoms with Gasteiger partial charge in [0.15, 0.2) is 0 Å². The number of ether oxygens (including phenoxy) is 2. The van der Waals surface area contributed by atoms with Gasteiger partial charge >= 0.3 is 0 Å². The molecule has 2 aromatic rings. The van der Waals surface area contributed by atoms with Gasteiger partial charge in [-0.3, -0.25) is 4.79 Å². The Labute approximate surface area is 148 Å². The number of methoxy groups -OCH3 is 2. The Morgan fingerprint density at radius 2 is 1.40 bits per heavy atom. The minimum atomic E-state index is -0.680. The molecular weight excluding hydrogens is 316 g/mol. The summed E-state index contributed by atoms with van der Waals surface area (Å²) in [6.07, 6.45) is 0. The van der Waals surface area contributed by atoms with Gasteiger partial charge in [0, 0.05) is 0 Å². The van der Waals surface area contributed by atoms with E-state index in [2.05, 4.69) is 10.2 Å². The van der Waals surface area contributed by atoms with E-state index in [1.54, 1.807) is 21.1 Å². The number of benzene rings is 2. The summed E-state index contributed by atoms with van der Waals surface area (Å²) in [6, 6.07) is 14.8. The lowest BCUT2D eigenvalue weighted by Gasteiger charge is -2.28. The number of hydrogen-bond donors (Lipinski definition) is 0. The summed E-state index contributed by atoms with van der Waals surface area (Å²) in [7, 11) is 3.23. The molecule has 0 N–H and O–H groups in total. The monoisotopic (exact) mass is 340 g/mol. The van der Waals surface area contributed by atoms with Gasteiger partial charge < -0.3 is 9.47 Å². The Balaban J connectivity index is 2.27. The van der Waals surface area contributed by atoms with E-state index in [-0.39, 0.29) is 11.7 Å². The third-order valence-corrected chi connectivity index (χ3v) is 4.06. The molecule has 2 rings (SSSR count). The van der Waals surface area contributed by atoms with Crippen LogP contribution in [0.2, 0.25) is 0 Å². The van der Waals surface area contributed by atoms with Crippen LogP contribution in [0.1, 0.15) is 32.3 Å². The van der Waals surface area contributed by atoms with Gasteiger partial charge in [-0.15, -0.1) is 0 Å². The van der Waals surface area contributed by atoms with Crippen molar-refractivity contribution in [2.45, 2.75) is 32.2 Å². The van der Waals surface area contributed by atoms with Crippen molar-refractivity contribution in [3.8, 4) is 11.5 Å². The Morgan fingerprint density at radius 3 is 1.84 bits per heavy atom. The number of carbonyl (C=O) groups is 1. The number of rotatable bonds is 7. The van der Waals surface area contributed by atoms with Crippen LogP contribution in [0.25, 0.3) is 0 Å². The summed E-state index contributed by atoms with van der Waals surface area (Å²) < 4.78 is 10.3. The summed E-state index contributed by atoms with van der Waals surface area (Å²) >= 11 is 0. The van der Waals surface area contributed by atoms with Crippen molar-refractivity contribution in [1.82, 2.24) is 0 Å². The van der Waals surface area contributed by atoms with Crippen LogP contribution in [-0.2, 0) is 4.79 Å². The van der Waals surface area contributed by atoms with Crippen LogP contribution < -0.4 is 9.47 Å². The van der Waals surface area contributed by atoms with Crippen molar-refractivity contribution in [3.63, 3.8) is 0 Å². The van der Waals surface area contributed by atoms with Crippen molar-refractivity contribution < 1.29 is 14.3 Å². The summed E-state index contributed by atoms with van der Waals surface area (Å²) in [4.78, 5) is 12.3. The molecule has 0 fully saturated rings. The number of carbonyl (C=O) groups excluding carboxylic acids is 1. The lowest BCUT2D eigenvalue weighted by molar-refractivity contribution is -0.119. The Bertz CT molecular complexity index is 735. The fourth-order valence-corrected chi connectivity index (χ4v) is 2.83. The average molecular weight is 340 g/mol. The van der Waals surface area contributed by atoms with Crippen LogP contribution in [0.5, 0.6) is 11.5 Å². The Kier molecular flexibility index (Phi) is 5.91. The highest BCUT2D eigenvalue weighted by molar-refractivity contribution is 5.85. The van der Waals surface area contributed by atoms with E-state index in [4.69, 9.17) is 9.47 Å². The maximum Gasteiger partial charge on any atom is 0.139 e. The van der Waals surface area contributed by atoms with Crippen molar-refractivity contribution in [3.05, 3.63) is 54.1 Å². The average Bonchev–Trinajstić information content (AvgIpc) is 2.60. The van der Waals surface area contributed by atoms with E-state index in [0.717, 1.165) is 17.1 Å². The Hall–Kier alpha value is -2.69. The number of hydrogen-bond acceptors (Lipinski definition) is 5. The van der Waals surface area contributed by atoms with Crippen LogP contribution in [0, 0.1) is 0 Å². The minimum absolute atomic E-state index is 0.0452. The molecule has 0 radical (unpaired) electrons. The molecule has 0 spiro atoms. The van der Waals surface area contributed by atoms with E-state index in [1.807, 2.05) is 62.4 Å². The lowest BCUT2D eigenvalue weighted by atomic mass is 9.80. The maximum absolute atomic E-state index is 12.3. The highest BCUT2D eigenvalue weighted by atomic mass is 16.5. The van der Waals surface area contributed by atoms with Crippen LogP contribution in [0.4, 0.5) is 5.69 Å². The molecule has 0 aliphatic carbocycles. The molecule has 0 heterocycles. The first-order valence-electron chi connectivity index (χ1n) is 8.08. The molecule has 0 saturated carbocycles. The molecule has 25 heavy (non-hydrogen) atoms. The van der Waals surface area contributed by atoms with Crippen molar-refractivity contribution in [2.24, 2.45) is 10.2 Å². The fourth-order valence-electron chi connectivity index (χ4n) is 2.83. The second-order valence-electron chi connectivity index (χ2n) is 6.37. The quantitative estimate of drug-likeness (QED) is 0.671. The Morgan fingerprint density at radius 1 is 0.920 bits per heavy atom. The molecule has 0 bridgehead atoms. The highest BCUT2D eigenvalue weighted by Gasteiger charge is 2.34. The number of azo groups is 1. The molecular formula is C20H24N2O3. The van der Waals surface area contributed by atoms with Crippen LogP contribution in [-0.4, -0.2) is 25.5 Å². The van der Waals surface area contributed by atoms with Crippen molar-refractivity contribution in [1.29, 1.82) is 0 Å². The highest BCUT2D eigenvalue weighted by Crippen LogP contribution is 2.34. The first-order chi connectivity index (χ1) is 11.9. The van der Waals surface area contributed by atoms with E-state index in [1.165, 1.54) is 0 Å². The first kappa shape index (κ1) is 18.6. The van der Waals surface area contributed by atoms with Gasteiger partial charge in [0.05, 0.1) is 31.4 Å². The SMILES string of the molecule is COc1ccc(N=NC(C)(C)C(C(C)=O)c2ccc(OC)cc2)cc1. The summed E-state index contributed by atoms with van der Waals surface area (Å²) in [5.41, 5.74) is 0.929. The molecule has 5 nitrogen and oxygen atoms in total. The molecule has 0 aliphatic rings. The second kappa shape index (κ2) is 7.92. The third-order valence-electron chi connectivity index (χ3n) is 4.06. The van der Waals surface area contributed by atoms with Gasteiger partial charge in [0.2, 0.25) is 0 Å². The molecule has 1 atom stereocenters. The lowest BCUT2D eigenvalue weighted by Crippen LogP contribution is -2.31. The zero-order valence-corrected chi connectivity index (χ0v) is 15.3. The van der Waals surface area contributed by atoms with Gasteiger partial charge in [0.1, 0.15) is 17.3 Å². The maximum atomic E-state index is 12.3. The van der Waals surface area contributed by atoms with Crippen LogP contribution in [0.15, 0.2) is 58.8 Å². The normalized spacial score (nSPS) is 12.8. The molecule has 2 aromatic carbocycles. The topological polar surface area (TPSA) is 60.2 Å². The zero-order chi connectivity index (χ0) is 18.4.